The molecule has 0 aliphatic carbocycles. The topological polar surface area (TPSA) is 61.1 Å². The Bertz CT molecular complexity index is 458. The second-order valence-corrected chi connectivity index (χ2v) is 4.08. The van der Waals surface area contributed by atoms with Crippen molar-refractivity contribution in [2.75, 3.05) is 0 Å². The molecule has 0 heterocycles. The third-order valence-electron chi connectivity index (χ3n) is 2.39. The minimum absolute atomic E-state index is 0.128. The van der Waals surface area contributed by atoms with E-state index < -0.39 is 5.97 Å². The van der Waals surface area contributed by atoms with Gasteiger partial charge in [0.15, 0.2) is 0 Å². The van der Waals surface area contributed by atoms with Gasteiger partial charge in [-0.3, -0.25) is 4.79 Å². The van der Waals surface area contributed by atoms with E-state index in [1.807, 2.05) is 31.2 Å². The van der Waals surface area contributed by atoms with Gasteiger partial charge < -0.3 is 5.11 Å². The summed E-state index contributed by atoms with van der Waals surface area (Å²) in [4.78, 5) is 10.5. The predicted molar refractivity (Wildman–Crippen MR) is 66.2 cm³/mol. The van der Waals surface area contributed by atoms with Gasteiger partial charge in [0.05, 0.1) is 11.6 Å². The Balaban J connectivity index is 2.53. The van der Waals surface area contributed by atoms with Crippen LogP contribution in [0.2, 0.25) is 0 Å². The lowest BCUT2D eigenvalue weighted by Crippen LogP contribution is -2.02. The summed E-state index contributed by atoms with van der Waals surface area (Å²) in [5.41, 5.74) is 1.59. The summed E-state index contributed by atoms with van der Waals surface area (Å²) in [6, 6.07) is 9.39. The summed E-state index contributed by atoms with van der Waals surface area (Å²) in [6.07, 6.45) is 4.77. The molecule has 88 valence electrons. The van der Waals surface area contributed by atoms with Crippen LogP contribution < -0.4 is 0 Å². The zero-order valence-corrected chi connectivity index (χ0v) is 9.76. The Hall–Kier alpha value is -2.08. The Labute approximate surface area is 101 Å². The first-order valence-corrected chi connectivity index (χ1v) is 5.50. The number of hydrogen-bond acceptors (Lipinski definition) is 2. The first kappa shape index (κ1) is 13.0. The van der Waals surface area contributed by atoms with E-state index >= 15 is 0 Å². The van der Waals surface area contributed by atoms with Gasteiger partial charge in [0, 0.05) is 6.42 Å². The lowest BCUT2D eigenvalue weighted by atomic mass is 10.0. The number of aliphatic carboxylic acids is 1. The van der Waals surface area contributed by atoms with Crippen molar-refractivity contribution in [3.8, 4) is 6.07 Å². The summed E-state index contributed by atoms with van der Waals surface area (Å²) >= 11 is 0. The maximum absolute atomic E-state index is 10.5. The van der Waals surface area contributed by atoms with Crippen molar-refractivity contribution in [2.24, 2.45) is 5.92 Å². The molecule has 3 heteroatoms. The van der Waals surface area contributed by atoms with Crippen molar-refractivity contribution in [1.82, 2.24) is 0 Å². The summed E-state index contributed by atoms with van der Waals surface area (Å²) in [5, 5.41) is 17.3. The molecule has 0 aliphatic heterocycles. The highest BCUT2D eigenvalue weighted by Crippen LogP contribution is 2.11. The average molecular weight is 229 g/mol. The molecule has 0 saturated carbocycles. The van der Waals surface area contributed by atoms with Crippen molar-refractivity contribution in [3.05, 3.63) is 41.5 Å². The van der Waals surface area contributed by atoms with Crippen molar-refractivity contribution in [3.63, 3.8) is 0 Å². The molecule has 1 aromatic rings. The zero-order valence-electron chi connectivity index (χ0n) is 9.76. The fourth-order valence-electron chi connectivity index (χ4n) is 1.53. The number of benzene rings is 1. The highest BCUT2D eigenvalue weighted by molar-refractivity contribution is 5.67. The quantitative estimate of drug-likeness (QED) is 0.844. The van der Waals surface area contributed by atoms with Gasteiger partial charge in [-0.25, -0.2) is 0 Å². The molecule has 17 heavy (non-hydrogen) atoms. The molecule has 0 aliphatic rings. The van der Waals surface area contributed by atoms with Crippen LogP contribution >= 0.6 is 0 Å². The maximum atomic E-state index is 10.5. The highest BCUT2D eigenvalue weighted by atomic mass is 16.4. The minimum atomic E-state index is -0.766. The molecule has 0 spiro atoms. The van der Waals surface area contributed by atoms with Crippen LogP contribution in [0.5, 0.6) is 0 Å². The van der Waals surface area contributed by atoms with Crippen molar-refractivity contribution in [2.45, 2.75) is 19.8 Å². The van der Waals surface area contributed by atoms with E-state index in [1.54, 1.807) is 12.1 Å². The summed E-state index contributed by atoms with van der Waals surface area (Å²) < 4.78 is 0. The summed E-state index contributed by atoms with van der Waals surface area (Å²) in [5.74, 6) is -0.639. The van der Waals surface area contributed by atoms with Crippen LogP contribution in [0.3, 0.4) is 0 Å². The Kier molecular flexibility index (Phi) is 4.96. The van der Waals surface area contributed by atoms with Gasteiger partial charge in [0.2, 0.25) is 0 Å². The highest BCUT2D eigenvalue weighted by Gasteiger charge is 2.04. The number of carboxylic acid groups (broad SMARTS) is 1. The van der Waals surface area contributed by atoms with Gasteiger partial charge in [0.25, 0.3) is 0 Å². The van der Waals surface area contributed by atoms with Gasteiger partial charge in [-0.2, -0.15) is 5.26 Å². The number of carbonyl (C=O) groups is 1. The second-order valence-electron chi connectivity index (χ2n) is 4.08. The van der Waals surface area contributed by atoms with Gasteiger partial charge >= 0.3 is 5.97 Å². The van der Waals surface area contributed by atoms with Crippen LogP contribution in [0.1, 0.15) is 30.9 Å². The first-order valence-electron chi connectivity index (χ1n) is 5.50. The number of nitrogens with zero attached hydrogens (tertiary/aromatic N) is 1. The molecular formula is C14H15NO2. The molecule has 3 nitrogen and oxygen atoms in total. The number of carboxylic acids is 1. The Morgan fingerprint density at radius 1 is 1.59 bits per heavy atom. The van der Waals surface area contributed by atoms with Crippen molar-refractivity contribution < 1.29 is 9.90 Å². The lowest BCUT2D eigenvalue weighted by molar-refractivity contribution is -0.137. The van der Waals surface area contributed by atoms with Gasteiger partial charge in [0.1, 0.15) is 0 Å². The van der Waals surface area contributed by atoms with E-state index in [4.69, 9.17) is 10.4 Å². The van der Waals surface area contributed by atoms with E-state index in [2.05, 4.69) is 6.07 Å². The van der Waals surface area contributed by atoms with Crippen LogP contribution in [0.4, 0.5) is 0 Å². The third-order valence-corrected chi connectivity index (χ3v) is 2.39. The largest absolute Gasteiger partial charge is 0.481 e. The molecular weight excluding hydrogens is 214 g/mol. The molecule has 1 rings (SSSR count). The normalized spacial score (nSPS) is 12.2. The molecule has 1 atom stereocenters. The van der Waals surface area contributed by atoms with Gasteiger partial charge in [-0.05, 0) is 30.0 Å². The molecule has 0 aromatic heterocycles. The molecule has 1 aromatic carbocycles. The van der Waals surface area contributed by atoms with Gasteiger partial charge in [-0.15, -0.1) is 0 Å². The van der Waals surface area contributed by atoms with Crippen LogP contribution in [0.25, 0.3) is 6.08 Å². The van der Waals surface area contributed by atoms with Crippen LogP contribution in [0, 0.1) is 17.2 Å². The third kappa shape index (κ3) is 4.98. The summed E-state index contributed by atoms with van der Waals surface area (Å²) in [7, 11) is 0. The van der Waals surface area contributed by atoms with E-state index in [-0.39, 0.29) is 12.3 Å². The Morgan fingerprint density at radius 3 is 3.00 bits per heavy atom. The number of rotatable bonds is 5. The lowest BCUT2D eigenvalue weighted by Gasteiger charge is -2.03. The van der Waals surface area contributed by atoms with Gasteiger partial charge in [-0.1, -0.05) is 31.2 Å². The standard InChI is InChI=1S/C14H15NO2/c1-11(8-14(16)17)4-2-5-12-6-3-7-13(9-12)10-15/h2-3,5-7,9,11H,4,8H2,1H3,(H,16,17)/b5-2+. The molecule has 0 fully saturated rings. The van der Waals surface area contributed by atoms with Crippen LogP contribution in [-0.2, 0) is 4.79 Å². The SMILES string of the molecule is CC(C/C=C/c1cccc(C#N)c1)CC(=O)O. The molecule has 0 radical (unpaired) electrons. The van der Waals surface area contributed by atoms with E-state index in [1.165, 1.54) is 0 Å². The van der Waals surface area contributed by atoms with Crippen LogP contribution in [-0.4, -0.2) is 11.1 Å². The molecule has 0 bridgehead atoms. The molecule has 1 unspecified atom stereocenters. The molecule has 0 amide bonds. The zero-order chi connectivity index (χ0) is 12.7. The van der Waals surface area contributed by atoms with Crippen molar-refractivity contribution in [1.29, 1.82) is 5.26 Å². The van der Waals surface area contributed by atoms with E-state index in [0.29, 0.717) is 5.56 Å². The number of nitriles is 1. The fourth-order valence-corrected chi connectivity index (χ4v) is 1.53. The average Bonchev–Trinajstić information content (AvgIpc) is 2.28. The van der Waals surface area contributed by atoms with Crippen LogP contribution in [0.15, 0.2) is 30.3 Å². The van der Waals surface area contributed by atoms with Crippen molar-refractivity contribution >= 4 is 12.0 Å². The molecule has 1 N–H and O–H groups in total. The summed E-state index contributed by atoms with van der Waals surface area (Å²) in [6.45, 7) is 1.91. The van der Waals surface area contributed by atoms with E-state index in [0.717, 1.165) is 12.0 Å². The number of hydrogen-bond donors (Lipinski definition) is 1. The minimum Gasteiger partial charge on any atom is -0.481 e. The number of allylic oxidation sites excluding steroid dienone is 1. The predicted octanol–water partition coefficient (Wildman–Crippen LogP) is 3.07. The van der Waals surface area contributed by atoms with E-state index in [9.17, 15) is 4.79 Å². The monoisotopic (exact) mass is 229 g/mol. The first-order chi connectivity index (χ1) is 8.11. The fraction of sp³-hybridized carbons (Fsp3) is 0.286. The smallest absolute Gasteiger partial charge is 0.303 e. The second kappa shape index (κ2) is 6.49. The Morgan fingerprint density at radius 2 is 2.35 bits per heavy atom. The molecule has 0 saturated heterocycles. The maximum Gasteiger partial charge on any atom is 0.303 e.